The van der Waals surface area contributed by atoms with Gasteiger partial charge in [-0.25, -0.2) is 8.78 Å². The van der Waals surface area contributed by atoms with E-state index in [0.29, 0.717) is 0 Å². The summed E-state index contributed by atoms with van der Waals surface area (Å²) in [5, 5.41) is 13.2. The summed E-state index contributed by atoms with van der Waals surface area (Å²) < 4.78 is 26.9. The Morgan fingerprint density at radius 3 is 2.39 bits per heavy atom. The minimum atomic E-state index is -1.14. The predicted molar refractivity (Wildman–Crippen MR) is 66.2 cm³/mol. The van der Waals surface area contributed by atoms with Gasteiger partial charge < -0.3 is 10.4 Å². The Kier molecular flexibility index (Phi) is 3.97. The molecule has 1 fully saturated rings. The molecule has 0 bridgehead atoms. The molecule has 1 saturated carbocycles. The molecule has 18 heavy (non-hydrogen) atoms. The van der Waals surface area contributed by atoms with Crippen LogP contribution in [0.25, 0.3) is 0 Å². The molecule has 2 rings (SSSR count). The van der Waals surface area contributed by atoms with Crippen molar-refractivity contribution in [1.82, 2.24) is 5.32 Å². The topological polar surface area (TPSA) is 32.3 Å². The Hall–Kier alpha value is -1.00. The third-order valence-electron chi connectivity index (χ3n) is 3.99. The molecule has 1 aliphatic rings. The zero-order valence-corrected chi connectivity index (χ0v) is 10.5. The van der Waals surface area contributed by atoms with Gasteiger partial charge in [0.05, 0.1) is 11.7 Å². The van der Waals surface area contributed by atoms with Crippen molar-refractivity contribution in [3.05, 3.63) is 35.4 Å². The second kappa shape index (κ2) is 5.33. The Labute approximate surface area is 106 Å². The van der Waals surface area contributed by atoms with Crippen molar-refractivity contribution in [2.75, 3.05) is 6.54 Å². The van der Waals surface area contributed by atoms with Crippen LogP contribution in [-0.4, -0.2) is 17.2 Å². The Morgan fingerprint density at radius 2 is 1.94 bits per heavy atom. The summed E-state index contributed by atoms with van der Waals surface area (Å²) in [6.07, 6.45) is 3.13. The van der Waals surface area contributed by atoms with Gasteiger partial charge in [0.15, 0.2) is 0 Å². The molecule has 1 aromatic rings. The van der Waals surface area contributed by atoms with Crippen molar-refractivity contribution >= 4 is 0 Å². The molecule has 0 aliphatic heterocycles. The first-order valence-electron chi connectivity index (χ1n) is 6.45. The summed E-state index contributed by atoms with van der Waals surface area (Å²) in [6.45, 7) is 2.27. The van der Waals surface area contributed by atoms with Gasteiger partial charge >= 0.3 is 0 Å². The van der Waals surface area contributed by atoms with E-state index in [1.807, 2.05) is 0 Å². The average molecular weight is 255 g/mol. The van der Waals surface area contributed by atoms with Crippen molar-refractivity contribution in [3.63, 3.8) is 0 Å². The third-order valence-corrected chi connectivity index (χ3v) is 3.99. The van der Waals surface area contributed by atoms with Gasteiger partial charge in [0.25, 0.3) is 0 Å². The summed E-state index contributed by atoms with van der Waals surface area (Å²) in [5.74, 6) is -1.38. The average Bonchev–Trinajstić information content (AvgIpc) is 2.28. The molecule has 0 spiro atoms. The Morgan fingerprint density at radius 1 is 1.33 bits per heavy atom. The SMILES string of the molecule is CCC1(NCC(O)c2c(F)cccc2F)CCC1. The van der Waals surface area contributed by atoms with Crippen LogP contribution >= 0.6 is 0 Å². The molecule has 1 atom stereocenters. The lowest BCUT2D eigenvalue weighted by Gasteiger charge is -2.42. The van der Waals surface area contributed by atoms with Gasteiger partial charge in [-0.05, 0) is 37.8 Å². The molecule has 4 heteroatoms. The van der Waals surface area contributed by atoms with E-state index >= 15 is 0 Å². The van der Waals surface area contributed by atoms with Gasteiger partial charge in [-0.15, -0.1) is 0 Å². The molecule has 0 radical (unpaired) electrons. The highest BCUT2D eigenvalue weighted by Gasteiger charge is 2.35. The van der Waals surface area contributed by atoms with E-state index in [4.69, 9.17) is 0 Å². The van der Waals surface area contributed by atoms with E-state index in [-0.39, 0.29) is 17.6 Å². The van der Waals surface area contributed by atoms with E-state index in [9.17, 15) is 13.9 Å². The van der Waals surface area contributed by atoms with Crippen molar-refractivity contribution in [3.8, 4) is 0 Å². The van der Waals surface area contributed by atoms with Crippen LogP contribution in [0.2, 0.25) is 0 Å². The monoisotopic (exact) mass is 255 g/mol. The number of aliphatic hydroxyl groups excluding tert-OH is 1. The number of halogens is 2. The maximum absolute atomic E-state index is 13.5. The van der Waals surface area contributed by atoms with Crippen LogP contribution in [-0.2, 0) is 0 Å². The molecule has 0 saturated heterocycles. The fourth-order valence-electron chi connectivity index (χ4n) is 2.50. The lowest BCUT2D eigenvalue weighted by atomic mass is 9.75. The fraction of sp³-hybridized carbons (Fsp3) is 0.571. The summed E-state index contributed by atoms with van der Waals surface area (Å²) in [5.41, 5.74) is -0.182. The largest absolute Gasteiger partial charge is 0.387 e. The maximum Gasteiger partial charge on any atom is 0.131 e. The first kappa shape index (κ1) is 13.4. The second-order valence-corrected chi connectivity index (χ2v) is 5.02. The van der Waals surface area contributed by atoms with Crippen LogP contribution in [0.3, 0.4) is 0 Å². The van der Waals surface area contributed by atoms with Crippen molar-refractivity contribution in [1.29, 1.82) is 0 Å². The third kappa shape index (κ3) is 2.54. The molecule has 1 unspecified atom stereocenters. The Balaban J connectivity index is 2.01. The number of nitrogens with one attached hydrogen (secondary N) is 1. The molecule has 1 aromatic carbocycles. The van der Waals surface area contributed by atoms with Gasteiger partial charge in [0.2, 0.25) is 0 Å². The molecule has 100 valence electrons. The minimum absolute atomic E-state index is 0.0582. The minimum Gasteiger partial charge on any atom is -0.387 e. The van der Waals surface area contributed by atoms with Crippen LogP contribution in [0.1, 0.15) is 44.3 Å². The highest BCUT2D eigenvalue weighted by molar-refractivity contribution is 5.22. The van der Waals surface area contributed by atoms with Crippen molar-refractivity contribution in [2.24, 2.45) is 0 Å². The first-order chi connectivity index (χ1) is 8.58. The smallest absolute Gasteiger partial charge is 0.131 e. The summed E-state index contributed by atoms with van der Waals surface area (Å²) >= 11 is 0. The van der Waals surface area contributed by atoms with Gasteiger partial charge in [-0.1, -0.05) is 13.0 Å². The highest BCUT2D eigenvalue weighted by Crippen LogP contribution is 2.35. The molecule has 0 heterocycles. The normalized spacial score (nSPS) is 19.3. The fourth-order valence-corrected chi connectivity index (χ4v) is 2.50. The van der Waals surface area contributed by atoms with Crippen LogP contribution in [0.15, 0.2) is 18.2 Å². The predicted octanol–water partition coefficient (Wildman–Crippen LogP) is 2.92. The molecule has 0 aromatic heterocycles. The summed E-state index contributed by atoms with van der Waals surface area (Å²) in [7, 11) is 0. The van der Waals surface area contributed by atoms with Crippen molar-refractivity contribution < 1.29 is 13.9 Å². The van der Waals surface area contributed by atoms with Gasteiger partial charge in [-0.2, -0.15) is 0 Å². The van der Waals surface area contributed by atoms with E-state index < -0.39 is 17.7 Å². The number of benzene rings is 1. The molecule has 2 N–H and O–H groups in total. The lowest BCUT2D eigenvalue weighted by molar-refractivity contribution is 0.115. The number of hydrogen-bond donors (Lipinski definition) is 2. The molecule has 1 aliphatic carbocycles. The quantitative estimate of drug-likeness (QED) is 0.848. The highest BCUT2D eigenvalue weighted by atomic mass is 19.1. The van der Waals surface area contributed by atoms with Crippen LogP contribution in [0.4, 0.5) is 8.78 Å². The van der Waals surface area contributed by atoms with Gasteiger partial charge in [0, 0.05) is 12.1 Å². The number of rotatable bonds is 5. The summed E-state index contributed by atoms with van der Waals surface area (Å²) in [4.78, 5) is 0. The second-order valence-electron chi connectivity index (χ2n) is 5.02. The molecule has 2 nitrogen and oxygen atoms in total. The zero-order valence-electron chi connectivity index (χ0n) is 10.5. The number of hydrogen-bond acceptors (Lipinski definition) is 2. The van der Waals surface area contributed by atoms with Gasteiger partial charge in [0.1, 0.15) is 11.6 Å². The molecular formula is C14H19F2NO. The summed E-state index contributed by atoms with van der Waals surface area (Å²) in [6, 6.07) is 3.63. The number of aliphatic hydroxyl groups is 1. The van der Waals surface area contributed by atoms with E-state index in [1.165, 1.54) is 24.6 Å². The lowest BCUT2D eigenvalue weighted by Crippen LogP contribution is -2.51. The first-order valence-corrected chi connectivity index (χ1v) is 6.45. The van der Waals surface area contributed by atoms with Crippen molar-refractivity contribution in [2.45, 2.75) is 44.2 Å². The Bertz CT molecular complexity index is 392. The molecular weight excluding hydrogens is 236 g/mol. The number of β-amino-alcohol motifs (C(OH)–C–C–N with tert-alkyl or cyclic N) is 1. The molecule has 0 amide bonds. The maximum atomic E-state index is 13.5. The van der Waals surface area contributed by atoms with Crippen LogP contribution in [0, 0.1) is 11.6 Å². The van der Waals surface area contributed by atoms with E-state index in [0.717, 1.165) is 19.3 Å². The standard InChI is InChI=1S/C14H19F2NO/c1-2-14(7-4-8-14)17-9-12(18)13-10(15)5-3-6-11(13)16/h3,5-6,12,17-18H,2,4,7-9H2,1H3. The van der Waals surface area contributed by atoms with Crippen LogP contribution < -0.4 is 5.32 Å². The zero-order chi connectivity index (χ0) is 13.2. The van der Waals surface area contributed by atoms with E-state index in [1.54, 1.807) is 0 Å². The van der Waals surface area contributed by atoms with E-state index in [2.05, 4.69) is 12.2 Å². The van der Waals surface area contributed by atoms with Gasteiger partial charge in [-0.3, -0.25) is 0 Å². The van der Waals surface area contributed by atoms with Crippen LogP contribution in [0.5, 0.6) is 0 Å².